The van der Waals surface area contributed by atoms with Gasteiger partial charge in [0.25, 0.3) is 0 Å². The highest BCUT2D eigenvalue weighted by Gasteiger charge is 2.13. The minimum Gasteiger partial charge on any atom is -0.258 e. The molecule has 2 aromatic heterocycles. The summed E-state index contributed by atoms with van der Waals surface area (Å²) in [6, 6.07) is 8.41. The second-order valence-corrected chi connectivity index (χ2v) is 6.88. The average molecular weight is 305 g/mol. The van der Waals surface area contributed by atoms with Gasteiger partial charge in [0.2, 0.25) is 0 Å². The Hall–Kier alpha value is -1.37. The van der Waals surface area contributed by atoms with Gasteiger partial charge in [-0.05, 0) is 26.1 Å². The monoisotopic (exact) mass is 305 g/mol. The van der Waals surface area contributed by atoms with Crippen LogP contribution >= 0.6 is 34.9 Å². The lowest BCUT2D eigenvalue weighted by atomic mass is 10.2. The van der Waals surface area contributed by atoms with Crippen LogP contribution in [0.3, 0.4) is 0 Å². The van der Waals surface area contributed by atoms with E-state index in [9.17, 15) is 0 Å². The lowest BCUT2D eigenvalue weighted by Gasteiger charge is -1.96. The van der Waals surface area contributed by atoms with Crippen LogP contribution in [0.2, 0.25) is 0 Å². The first kappa shape index (κ1) is 12.7. The van der Waals surface area contributed by atoms with Crippen LogP contribution in [0.5, 0.6) is 0 Å². The summed E-state index contributed by atoms with van der Waals surface area (Å²) in [5.74, 6) is 0. The van der Waals surface area contributed by atoms with Crippen molar-refractivity contribution in [1.82, 2.24) is 15.2 Å². The highest BCUT2D eigenvalue weighted by molar-refractivity contribution is 7.73. The van der Waals surface area contributed by atoms with Gasteiger partial charge in [-0.1, -0.05) is 41.2 Å². The highest BCUT2D eigenvalue weighted by atomic mass is 32.1. The van der Waals surface area contributed by atoms with E-state index in [4.69, 9.17) is 12.2 Å². The van der Waals surface area contributed by atoms with Crippen LogP contribution < -0.4 is 0 Å². The zero-order valence-corrected chi connectivity index (χ0v) is 12.9. The molecule has 19 heavy (non-hydrogen) atoms. The summed E-state index contributed by atoms with van der Waals surface area (Å²) in [5.41, 5.74) is 3.39. The largest absolute Gasteiger partial charge is 0.258 e. The van der Waals surface area contributed by atoms with Crippen LogP contribution in [-0.2, 0) is 0 Å². The third-order valence-corrected chi connectivity index (χ3v) is 5.18. The summed E-state index contributed by atoms with van der Waals surface area (Å²) < 4.78 is 0.694. The molecule has 2 heterocycles. The van der Waals surface area contributed by atoms with Gasteiger partial charge in [0.1, 0.15) is 5.01 Å². The number of H-pyrrole nitrogens is 1. The summed E-state index contributed by atoms with van der Waals surface area (Å²) >= 11 is 8.22. The molecule has 0 spiro atoms. The molecule has 1 aromatic carbocycles. The van der Waals surface area contributed by atoms with E-state index in [0.717, 1.165) is 26.1 Å². The van der Waals surface area contributed by atoms with Crippen LogP contribution in [0.25, 0.3) is 20.5 Å². The molecular formula is C13H11N3S3. The Morgan fingerprint density at radius 3 is 2.42 bits per heavy atom. The van der Waals surface area contributed by atoms with Crippen molar-refractivity contribution in [3.8, 4) is 20.5 Å². The van der Waals surface area contributed by atoms with E-state index in [-0.39, 0.29) is 0 Å². The molecule has 0 aliphatic carbocycles. The minimum absolute atomic E-state index is 0.694. The molecule has 0 amide bonds. The molecule has 0 aliphatic rings. The topological polar surface area (TPSA) is 41.6 Å². The van der Waals surface area contributed by atoms with E-state index in [2.05, 4.69) is 46.4 Å². The molecular weight excluding hydrogens is 294 g/mol. The normalized spacial score (nSPS) is 10.8. The van der Waals surface area contributed by atoms with Crippen molar-refractivity contribution in [3.05, 3.63) is 39.5 Å². The fraction of sp³-hybridized carbons (Fsp3) is 0.154. The predicted molar refractivity (Wildman–Crippen MR) is 83.3 cm³/mol. The summed E-state index contributed by atoms with van der Waals surface area (Å²) in [7, 11) is 0. The molecule has 96 valence electrons. The Balaban J connectivity index is 2.06. The number of nitrogens with zero attached hydrogens (tertiary/aromatic N) is 2. The van der Waals surface area contributed by atoms with E-state index in [1.807, 2.05) is 6.92 Å². The second-order valence-electron chi connectivity index (χ2n) is 4.22. The first-order valence-corrected chi connectivity index (χ1v) is 7.78. The van der Waals surface area contributed by atoms with Crippen molar-refractivity contribution in [2.75, 3.05) is 0 Å². The fourth-order valence-electron chi connectivity index (χ4n) is 1.74. The maximum Gasteiger partial charge on any atom is 0.176 e. The van der Waals surface area contributed by atoms with Gasteiger partial charge in [0, 0.05) is 5.56 Å². The quantitative estimate of drug-likeness (QED) is 0.703. The molecule has 3 aromatic rings. The molecule has 0 unspecified atom stereocenters. The molecule has 0 radical (unpaired) electrons. The Morgan fingerprint density at radius 1 is 1.05 bits per heavy atom. The smallest absolute Gasteiger partial charge is 0.176 e. The minimum atomic E-state index is 0.694. The maximum atomic E-state index is 5.08. The lowest BCUT2D eigenvalue weighted by Crippen LogP contribution is -1.78. The van der Waals surface area contributed by atoms with Gasteiger partial charge in [-0.25, -0.2) is 4.98 Å². The Kier molecular flexibility index (Phi) is 3.30. The number of rotatable bonds is 2. The zero-order valence-electron chi connectivity index (χ0n) is 10.4. The fourth-order valence-corrected chi connectivity index (χ4v) is 3.83. The van der Waals surface area contributed by atoms with E-state index in [0.29, 0.717) is 3.95 Å². The zero-order chi connectivity index (χ0) is 13.4. The van der Waals surface area contributed by atoms with Crippen molar-refractivity contribution in [3.63, 3.8) is 0 Å². The van der Waals surface area contributed by atoms with Crippen LogP contribution in [0, 0.1) is 17.8 Å². The number of aromatic amines is 1. The van der Waals surface area contributed by atoms with Gasteiger partial charge >= 0.3 is 0 Å². The molecule has 0 saturated heterocycles. The molecule has 3 rings (SSSR count). The number of aryl methyl sites for hydroxylation is 2. The summed E-state index contributed by atoms with van der Waals surface area (Å²) in [6.07, 6.45) is 0. The Morgan fingerprint density at radius 2 is 1.79 bits per heavy atom. The first-order valence-electron chi connectivity index (χ1n) is 5.74. The standard InChI is InChI=1S/C13H11N3S3/c1-7-3-5-9(6-4-7)11-14-8(2)10(18-11)12-15-16-13(17)19-12/h3-6H,1-2H3,(H,16,17). The van der Waals surface area contributed by atoms with Gasteiger partial charge in [-0.2, -0.15) is 5.10 Å². The molecule has 6 heteroatoms. The van der Waals surface area contributed by atoms with E-state index in [1.165, 1.54) is 16.9 Å². The second kappa shape index (κ2) is 4.96. The Bertz CT molecular complexity index is 765. The van der Waals surface area contributed by atoms with Gasteiger partial charge in [-0.15, -0.1) is 11.3 Å². The molecule has 0 atom stereocenters. The van der Waals surface area contributed by atoms with Gasteiger partial charge < -0.3 is 0 Å². The SMILES string of the molecule is Cc1ccc(-c2nc(C)c(-c3n[nH]c(=S)s3)s2)cc1. The van der Waals surface area contributed by atoms with Crippen molar-refractivity contribution in [1.29, 1.82) is 0 Å². The maximum absolute atomic E-state index is 5.08. The summed E-state index contributed by atoms with van der Waals surface area (Å²) in [4.78, 5) is 5.72. The van der Waals surface area contributed by atoms with Crippen molar-refractivity contribution < 1.29 is 0 Å². The highest BCUT2D eigenvalue weighted by Crippen LogP contribution is 2.35. The molecule has 0 saturated carbocycles. The molecule has 3 nitrogen and oxygen atoms in total. The molecule has 0 bridgehead atoms. The van der Waals surface area contributed by atoms with Crippen LogP contribution in [0.4, 0.5) is 0 Å². The average Bonchev–Trinajstić information content (AvgIpc) is 2.96. The third kappa shape index (κ3) is 2.51. The number of aromatic nitrogens is 3. The number of nitrogens with one attached hydrogen (secondary N) is 1. The van der Waals surface area contributed by atoms with Crippen LogP contribution in [0.1, 0.15) is 11.3 Å². The number of thiazole rings is 1. The third-order valence-electron chi connectivity index (χ3n) is 2.73. The number of hydrogen-bond acceptors (Lipinski definition) is 5. The van der Waals surface area contributed by atoms with Gasteiger partial charge in [0.15, 0.2) is 8.96 Å². The van der Waals surface area contributed by atoms with E-state index < -0.39 is 0 Å². The van der Waals surface area contributed by atoms with Crippen molar-refractivity contribution >= 4 is 34.9 Å². The van der Waals surface area contributed by atoms with Crippen molar-refractivity contribution in [2.45, 2.75) is 13.8 Å². The lowest BCUT2D eigenvalue weighted by molar-refractivity contribution is 1.08. The van der Waals surface area contributed by atoms with E-state index >= 15 is 0 Å². The summed E-state index contributed by atoms with van der Waals surface area (Å²) in [6.45, 7) is 4.09. The Labute approximate surface area is 124 Å². The molecule has 0 aliphatic heterocycles. The molecule has 1 N–H and O–H groups in total. The number of hydrogen-bond donors (Lipinski definition) is 1. The first-order chi connectivity index (χ1) is 9.13. The van der Waals surface area contributed by atoms with Crippen LogP contribution in [-0.4, -0.2) is 15.2 Å². The van der Waals surface area contributed by atoms with E-state index in [1.54, 1.807) is 11.3 Å². The summed E-state index contributed by atoms with van der Waals surface area (Å²) in [5, 5.41) is 8.98. The molecule has 0 fully saturated rings. The van der Waals surface area contributed by atoms with Crippen molar-refractivity contribution in [2.24, 2.45) is 0 Å². The predicted octanol–water partition coefficient (Wildman–Crippen LogP) is 4.61. The number of benzene rings is 1. The van der Waals surface area contributed by atoms with Crippen LogP contribution in [0.15, 0.2) is 24.3 Å². The van der Waals surface area contributed by atoms with Gasteiger partial charge in [0.05, 0.1) is 10.6 Å². The van der Waals surface area contributed by atoms with Gasteiger partial charge in [-0.3, -0.25) is 5.10 Å².